The lowest BCUT2D eigenvalue weighted by Gasteiger charge is -2.35. The SMILES string of the molecule is CCC(C)c1nc(N2CCCC(N(C)C)C2)sc1C=O. The number of thiazole rings is 1. The number of hydrogen-bond acceptors (Lipinski definition) is 5. The minimum absolute atomic E-state index is 0.356. The van der Waals surface area contributed by atoms with Gasteiger partial charge in [0.15, 0.2) is 11.4 Å². The lowest BCUT2D eigenvalue weighted by atomic mass is 10.0. The number of anilines is 1. The first-order valence-corrected chi connectivity index (χ1v) is 8.25. The highest BCUT2D eigenvalue weighted by Gasteiger charge is 2.25. The van der Waals surface area contributed by atoms with Crippen LogP contribution in [-0.4, -0.2) is 49.4 Å². The molecule has 0 N–H and O–H groups in total. The molecule has 0 bridgehead atoms. The zero-order chi connectivity index (χ0) is 14.7. The standard InChI is InChI=1S/C15H25N3OS/c1-5-11(2)14-13(10-19)20-15(16-14)18-8-6-7-12(9-18)17(3)4/h10-12H,5-9H2,1-4H3. The summed E-state index contributed by atoms with van der Waals surface area (Å²) in [6, 6.07) is 0.583. The molecule has 1 aromatic heterocycles. The summed E-state index contributed by atoms with van der Waals surface area (Å²) in [6.45, 7) is 6.35. The lowest BCUT2D eigenvalue weighted by molar-refractivity contribution is 0.112. The summed E-state index contributed by atoms with van der Waals surface area (Å²) in [5.41, 5.74) is 0.981. The van der Waals surface area contributed by atoms with E-state index in [0.29, 0.717) is 12.0 Å². The van der Waals surface area contributed by atoms with Gasteiger partial charge in [0.2, 0.25) is 0 Å². The van der Waals surface area contributed by atoms with E-state index in [4.69, 9.17) is 4.98 Å². The Morgan fingerprint density at radius 2 is 2.30 bits per heavy atom. The fourth-order valence-corrected chi connectivity index (χ4v) is 3.68. The first kappa shape index (κ1) is 15.4. The van der Waals surface area contributed by atoms with Crippen molar-refractivity contribution in [2.75, 3.05) is 32.1 Å². The molecule has 1 saturated heterocycles. The maximum atomic E-state index is 11.3. The average molecular weight is 295 g/mol. The Hall–Kier alpha value is -0.940. The summed E-state index contributed by atoms with van der Waals surface area (Å²) in [4.78, 5) is 21.5. The zero-order valence-electron chi connectivity index (χ0n) is 12.9. The van der Waals surface area contributed by atoms with Crippen molar-refractivity contribution in [1.29, 1.82) is 0 Å². The van der Waals surface area contributed by atoms with Crippen LogP contribution in [0.5, 0.6) is 0 Å². The Balaban J connectivity index is 2.20. The second-order valence-corrected chi connectivity index (χ2v) is 6.89. The van der Waals surface area contributed by atoms with E-state index in [9.17, 15) is 4.79 Å². The summed E-state index contributed by atoms with van der Waals surface area (Å²) >= 11 is 1.55. The van der Waals surface area contributed by atoms with Crippen LogP contribution in [0, 0.1) is 0 Å². The van der Waals surface area contributed by atoms with Gasteiger partial charge in [0.25, 0.3) is 0 Å². The second kappa shape index (κ2) is 6.68. The van der Waals surface area contributed by atoms with Crippen molar-refractivity contribution >= 4 is 22.8 Å². The molecule has 0 amide bonds. The molecule has 2 atom stereocenters. The van der Waals surface area contributed by atoms with E-state index in [1.807, 2.05) is 0 Å². The van der Waals surface area contributed by atoms with Crippen molar-refractivity contribution in [3.8, 4) is 0 Å². The number of aromatic nitrogens is 1. The van der Waals surface area contributed by atoms with Crippen LogP contribution >= 0.6 is 11.3 Å². The molecule has 2 rings (SSSR count). The molecular weight excluding hydrogens is 270 g/mol. The van der Waals surface area contributed by atoms with Crippen molar-refractivity contribution in [1.82, 2.24) is 9.88 Å². The van der Waals surface area contributed by atoms with Gasteiger partial charge in [-0.1, -0.05) is 25.2 Å². The number of aldehydes is 1. The van der Waals surface area contributed by atoms with Gasteiger partial charge in [-0.3, -0.25) is 4.79 Å². The molecule has 1 aliphatic heterocycles. The first-order chi connectivity index (χ1) is 9.56. The molecule has 5 heteroatoms. The van der Waals surface area contributed by atoms with Crippen LogP contribution in [0.15, 0.2) is 0 Å². The number of likely N-dealkylation sites (N-methyl/N-ethyl adjacent to an activating group) is 1. The maximum absolute atomic E-state index is 11.3. The highest BCUT2D eigenvalue weighted by atomic mass is 32.1. The van der Waals surface area contributed by atoms with E-state index >= 15 is 0 Å². The smallest absolute Gasteiger partial charge is 0.186 e. The van der Waals surface area contributed by atoms with Gasteiger partial charge in [0, 0.05) is 19.1 Å². The normalized spacial score (nSPS) is 21.2. The lowest BCUT2D eigenvalue weighted by Crippen LogP contribution is -2.45. The quantitative estimate of drug-likeness (QED) is 0.783. The molecule has 0 spiro atoms. The third-order valence-corrected chi connectivity index (χ3v) is 5.31. The molecule has 1 fully saturated rings. The predicted molar refractivity (Wildman–Crippen MR) is 85.1 cm³/mol. The predicted octanol–water partition coefficient (Wildman–Crippen LogP) is 3.00. The Kier molecular flexibility index (Phi) is 5.16. The number of hydrogen-bond donors (Lipinski definition) is 0. The minimum Gasteiger partial charge on any atom is -0.347 e. The number of rotatable bonds is 5. The molecule has 4 nitrogen and oxygen atoms in total. The number of nitrogens with zero attached hydrogens (tertiary/aromatic N) is 3. The molecule has 0 saturated carbocycles. The fraction of sp³-hybridized carbons (Fsp3) is 0.733. The van der Waals surface area contributed by atoms with E-state index in [0.717, 1.165) is 41.5 Å². The first-order valence-electron chi connectivity index (χ1n) is 7.44. The van der Waals surface area contributed by atoms with Crippen molar-refractivity contribution in [2.45, 2.75) is 45.1 Å². The molecule has 1 aromatic rings. The van der Waals surface area contributed by atoms with Crippen molar-refractivity contribution in [2.24, 2.45) is 0 Å². The van der Waals surface area contributed by atoms with Crippen molar-refractivity contribution in [3.05, 3.63) is 10.6 Å². The molecule has 2 heterocycles. The van der Waals surface area contributed by atoms with Crippen molar-refractivity contribution in [3.63, 3.8) is 0 Å². The molecule has 0 aromatic carbocycles. The van der Waals surface area contributed by atoms with E-state index in [1.54, 1.807) is 11.3 Å². The van der Waals surface area contributed by atoms with Gasteiger partial charge in [-0.2, -0.15) is 0 Å². The highest BCUT2D eigenvalue weighted by Crippen LogP contribution is 2.32. The molecular formula is C15H25N3OS. The Morgan fingerprint density at radius 3 is 2.90 bits per heavy atom. The molecule has 0 aliphatic carbocycles. The van der Waals surface area contributed by atoms with Gasteiger partial charge >= 0.3 is 0 Å². The Labute approximate surface area is 125 Å². The number of carbonyl (C=O) groups is 1. The average Bonchev–Trinajstić information content (AvgIpc) is 2.90. The van der Waals surface area contributed by atoms with E-state index < -0.39 is 0 Å². The minimum atomic E-state index is 0.356. The van der Waals surface area contributed by atoms with Gasteiger partial charge in [-0.15, -0.1) is 0 Å². The number of piperidine rings is 1. The van der Waals surface area contributed by atoms with Crippen LogP contribution in [0.3, 0.4) is 0 Å². The van der Waals surface area contributed by atoms with Crippen LogP contribution in [-0.2, 0) is 0 Å². The molecule has 112 valence electrons. The second-order valence-electron chi connectivity index (χ2n) is 5.88. The van der Waals surface area contributed by atoms with Crippen LogP contribution < -0.4 is 4.90 Å². The molecule has 20 heavy (non-hydrogen) atoms. The molecule has 0 radical (unpaired) electrons. The van der Waals surface area contributed by atoms with E-state index in [2.05, 4.69) is 37.7 Å². The topological polar surface area (TPSA) is 36.4 Å². The van der Waals surface area contributed by atoms with Crippen molar-refractivity contribution < 1.29 is 4.79 Å². The van der Waals surface area contributed by atoms with Gasteiger partial charge in [0.1, 0.15) is 0 Å². The fourth-order valence-electron chi connectivity index (χ4n) is 2.65. The molecule has 2 unspecified atom stereocenters. The largest absolute Gasteiger partial charge is 0.347 e. The molecule has 1 aliphatic rings. The summed E-state index contributed by atoms with van der Waals surface area (Å²) < 4.78 is 0. The Bertz CT molecular complexity index is 458. The third kappa shape index (κ3) is 3.20. The zero-order valence-corrected chi connectivity index (χ0v) is 13.7. The van der Waals surface area contributed by atoms with Crippen LogP contribution in [0.1, 0.15) is 54.4 Å². The number of carbonyl (C=O) groups excluding carboxylic acids is 1. The van der Waals surface area contributed by atoms with Crippen LogP contribution in [0.2, 0.25) is 0 Å². The van der Waals surface area contributed by atoms with E-state index in [-0.39, 0.29) is 0 Å². The maximum Gasteiger partial charge on any atom is 0.186 e. The van der Waals surface area contributed by atoms with Crippen LogP contribution in [0.25, 0.3) is 0 Å². The monoisotopic (exact) mass is 295 g/mol. The van der Waals surface area contributed by atoms with Gasteiger partial charge < -0.3 is 9.80 Å². The van der Waals surface area contributed by atoms with Gasteiger partial charge in [-0.25, -0.2) is 4.98 Å². The Morgan fingerprint density at radius 1 is 1.55 bits per heavy atom. The summed E-state index contributed by atoms with van der Waals surface area (Å²) in [5.74, 6) is 0.356. The summed E-state index contributed by atoms with van der Waals surface area (Å²) in [6.07, 6.45) is 4.42. The highest BCUT2D eigenvalue weighted by molar-refractivity contribution is 7.17. The van der Waals surface area contributed by atoms with Crippen LogP contribution in [0.4, 0.5) is 5.13 Å². The summed E-state index contributed by atoms with van der Waals surface area (Å²) in [7, 11) is 4.27. The van der Waals surface area contributed by atoms with Gasteiger partial charge in [-0.05, 0) is 39.3 Å². The third-order valence-electron chi connectivity index (χ3n) is 4.25. The summed E-state index contributed by atoms with van der Waals surface area (Å²) in [5, 5.41) is 1.02. The van der Waals surface area contributed by atoms with Gasteiger partial charge in [0.05, 0.1) is 10.6 Å². The van der Waals surface area contributed by atoms with E-state index in [1.165, 1.54) is 12.8 Å².